The predicted molar refractivity (Wildman–Crippen MR) is 184 cm³/mol. The van der Waals surface area contributed by atoms with Gasteiger partial charge < -0.3 is 29.5 Å². The van der Waals surface area contributed by atoms with E-state index >= 15 is 0 Å². The van der Waals surface area contributed by atoms with Crippen LogP contribution in [-0.2, 0) is 27.5 Å². The number of amides is 2. The molecule has 10 nitrogen and oxygen atoms in total. The van der Waals surface area contributed by atoms with Gasteiger partial charge in [-0.25, -0.2) is 0 Å². The van der Waals surface area contributed by atoms with Gasteiger partial charge in [0.2, 0.25) is 5.60 Å². The summed E-state index contributed by atoms with van der Waals surface area (Å²) in [5, 5.41) is 22.5. The highest BCUT2D eigenvalue weighted by atomic mass is 32.1. The van der Waals surface area contributed by atoms with Crippen LogP contribution in [0.1, 0.15) is 85.8 Å². The SMILES string of the molecule is CCCC1N(C(=O)c2ncccc2C(F)(F)F)CCCC1(Oc1csc(C(F)(F)F)c1)C(=O)N1CCC(O)(c2ccccc2OCC(C)(C)C(=O)O)CC1. The summed E-state index contributed by atoms with van der Waals surface area (Å²) in [6.07, 6.45) is -8.27. The van der Waals surface area contributed by atoms with Crippen LogP contribution in [0.4, 0.5) is 26.3 Å². The quantitative estimate of drug-likeness (QED) is 0.193. The van der Waals surface area contributed by atoms with Crippen LogP contribution in [0.5, 0.6) is 11.5 Å². The fourth-order valence-corrected chi connectivity index (χ4v) is 7.67. The minimum atomic E-state index is -4.93. The molecule has 17 heteroatoms. The summed E-state index contributed by atoms with van der Waals surface area (Å²) in [6.45, 7) is 4.31. The lowest BCUT2D eigenvalue weighted by Gasteiger charge is -2.51. The first-order valence-corrected chi connectivity index (χ1v) is 18.3. The number of hydrogen-bond donors (Lipinski definition) is 2. The number of alkyl halides is 6. The number of carbonyl (C=O) groups excluding carboxylic acids is 2. The molecular formula is C37H41F6N3O7S. The van der Waals surface area contributed by atoms with E-state index in [0.717, 1.165) is 34.7 Å². The molecule has 2 aromatic heterocycles. The third-order valence-electron chi connectivity index (χ3n) is 9.95. The number of piperidine rings is 2. The Morgan fingerprint density at radius 2 is 1.67 bits per heavy atom. The van der Waals surface area contributed by atoms with Crippen molar-refractivity contribution in [2.75, 3.05) is 26.2 Å². The maximum atomic E-state index is 14.9. The maximum Gasteiger partial charge on any atom is 0.425 e. The zero-order valence-electron chi connectivity index (χ0n) is 29.8. The first-order valence-electron chi connectivity index (χ1n) is 17.4. The number of halogens is 6. The number of likely N-dealkylation sites (tertiary alicyclic amines) is 2. The first-order chi connectivity index (χ1) is 25.2. The third-order valence-corrected chi connectivity index (χ3v) is 10.9. The van der Waals surface area contributed by atoms with E-state index in [1.54, 1.807) is 31.2 Å². The lowest BCUT2D eigenvalue weighted by atomic mass is 9.78. The largest absolute Gasteiger partial charge is 0.492 e. The average molecular weight is 786 g/mol. The van der Waals surface area contributed by atoms with E-state index in [1.807, 2.05) is 0 Å². The molecule has 0 radical (unpaired) electrons. The molecule has 0 aliphatic carbocycles. The van der Waals surface area contributed by atoms with Crippen LogP contribution in [0, 0.1) is 5.41 Å². The van der Waals surface area contributed by atoms with E-state index in [4.69, 9.17) is 9.47 Å². The number of nitrogens with zero attached hydrogens (tertiary/aromatic N) is 3. The van der Waals surface area contributed by atoms with E-state index < -0.39 is 68.9 Å². The van der Waals surface area contributed by atoms with Gasteiger partial charge in [0.15, 0.2) is 0 Å². The summed E-state index contributed by atoms with van der Waals surface area (Å²) >= 11 is 0.352. The van der Waals surface area contributed by atoms with Crippen LogP contribution in [0.15, 0.2) is 54.0 Å². The lowest BCUT2D eigenvalue weighted by molar-refractivity contribution is -0.163. The highest BCUT2D eigenvalue weighted by molar-refractivity contribution is 7.10. The van der Waals surface area contributed by atoms with Crippen molar-refractivity contribution in [2.45, 2.75) is 88.9 Å². The molecule has 5 rings (SSSR count). The number of carboxylic acids is 1. The Morgan fingerprint density at radius 1 is 0.981 bits per heavy atom. The van der Waals surface area contributed by atoms with Crippen molar-refractivity contribution in [1.82, 2.24) is 14.8 Å². The molecule has 294 valence electrons. The van der Waals surface area contributed by atoms with Crippen molar-refractivity contribution in [3.05, 3.63) is 75.7 Å². The second-order valence-electron chi connectivity index (χ2n) is 14.2. The van der Waals surface area contributed by atoms with Gasteiger partial charge >= 0.3 is 18.3 Å². The molecule has 0 spiro atoms. The molecule has 2 N–H and O–H groups in total. The number of benzene rings is 1. The molecule has 3 aromatic rings. The maximum absolute atomic E-state index is 14.9. The van der Waals surface area contributed by atoms with Crippen molar-refractivity contribution in [3.63, 3.8) is 0 Å². The van der Waals surface area contributed by atoms with Crippen molar-refractivity contribution < 1.29 is 60.4 Å². The minimum absolute atomic E-state index is 0.0296. The Hall–Kier alpha value is -4.38. The average Bonchev–Trinajstić information content (AvgIpc) is 3.60. The lowest BCUT2D eigenvalue weighted by Crippen LogP contribution is -2.68. The molecule has 2 amide bonds. The number of para-hydroxylation sites is 1. The first kappa shape index (κ1) is 40.8. The standard InChI is InChI=1S/C37H41F6N3O7S/c1-4-9-27-35(53-23-20-28(54-21-23)37(41,42)43,13-8-17-46(27)30(47)29-25(36(38,39)40)11-7-16-44-29)31(48)45-18-14-34(51,15-19-45)24-10-5-6-12-26(24)52-22-33(2,3)32(49)50/h5-7,10-12,16,20-21,27,51H,4,8-9,13-15,17-19,22H2,1-3H3,(H,49,50). The van der Waals surface area contributed by atoms with E-state index in [0.29, 0.717) is 23.3 Å². The van der Waals surface area contributed by atoms with Gasteiger partial charge in [0, 0.05) is 49.3 Å². The number of aliphatic hydroxyl groups is 1. The highest BCUT2D eigenvalue weighted by Crippen LogP contribution is 2.44. The zero-order valence-corrected chi connectivity index (χ0v) is 30.6. The molecule has 2 unspecified atom stereocenters. The fourth-order valence-electron chi connectivity index (χ4n) is 6.99. The summed E-state index contributed by atoms with van der Waals surface area (Å²) in [5.41, 5.74) is -6.56. The molecule has 2 saturated heterocycles. The Morgan fingerprint density at radius 3 is 2.28 bits per heavy atom. The van der Waals surface area contributed by atoms with Crippen LogP contribution >= 0.6 is 11.3 Å². The molecule has 2 atom stereocenters. The van der Waals surface area contributed by atoms with Crippen LogP contribution < -0.4 is 9.47 Å². The second kappa shape index (κ2) is 15.4. The van der Waals surface area contributed by atoms with E-state index in [-0.39, 0.29) is 69.8 Å². The highest BCUT2D eigenvalue weighted by Gasteiger charge is 2.57. The third kappa shape index (κ3) is 8.31. The summed E-state index contributed by atoms with van der Waals surface area (Å²) in [7, 11) is 0. The Labute approximate surface area is 311 Å². The molecule has 1 aromatic carbocycles. The smallest absolute Gasteiger partial charge is 0.425 e. The van der Waals surface area contributed by atoms with E-state index in [2.05, 4.69) is 4.98 Å². The molecule has 0 saturated carbocycles. The minimum Gasteiger partial charge on any atom is -0.492 e. The number of carbonyl (C=O) groups is 3. The van der Waals surface area contributed by atoms with Gasteiger partial charge in [-0.05, 0) is 57.7 Å². The fraction of sp³-hybridized carbons (Fsp3) is 0.514. The van der Waals surface area contributed by atoms with Crippen molar-refractivity contribution in [3.8, 4) is 11.5 Å². The molecule has 54 heavy (non-hydrogen) atoms. The van der Waals surface area contributed by atoms with Gasteiger partial charge in [0.05, 0.1) is 22.6 Å². The van der Waals surface area contributed by atoms with Crippen LogP contribution in [0.25, 0.3) is 0 Å². The van der Waals surface area contributed by atoms with E-state index in [1.165, 1.54) is 18.7 Å². The van der Waals surface area contributed by atoms with Crippen molar-refractivity contribution in [2.24, 2.45) is 5.41 Å². The number of pyridine rings is 1. The number of aromatic nitrogens is 1. The van der Waals surface area contributed by atoms with Crippen LogP contribution in [-0.4, -0.2) is 80.7 Å². The number of ether oxygens (including phenoxy) is 2. The zero-order chi connectivity index (χ0) is 39.7. The number of rotatable bonds is 11. The molecule has 4 heterocycles. The van der Waals surface area contributed by atoms with Gasteiger partial charge in [-0.15, -0.1) is 11.3 Å². The molecule has 2 aliphatic heterocycles. The number of thiophene rings is 1. The van der Waals surface area contributed by atoms with Gasteiger partial charge in [-0.1, -0.05) is 31.5 Å². The Balaban J connectivity index is 1.49. The summed E-state index contributed by atoms with van der Waals surface area (Å²) < 4.78 is 95.3. The normalized spacial score (nSPS) is 20.7. The van der Waals surface area contributed by atoms with Gasteiger partial charge in [0.25, 0.3) is 11.8 Å². The molecule has 2 aliphatic rings. The van der Waals surface area contributed by atoms with Gasteiger partial charge in [-0.3, -0.25) is 19.4 Å². The summed E-state index contributed by atoms with van der Waals surface area (Å²) in [4.78, 5) is 45.8. The number of hydrogen-bond acceptors (Lipinski definition) is 8. The molecular weight excluding hydrogens is 744 g/mol. The van der Waals surface area contributed by atoms with Crippen LogP contribution in [0.3, 0.4) is 0 Å². The Bertz CT molecular complexity index is 1840. The molecule has 0 bridgehead atoms. The summed E-state index contributed by atoms with van der Waals surface area (Å²) in [6, 6.07) is 7.88. The van der Waals surface area contributed by atoms with E-state index in [9.17, 15) is 50.9 Å². The molecule has 2 fully saturated rings. The number of carboxylic acid groups (broad SMARTS) is 1. The van der Waals surface area contributed by atoms with Gasteiger partial charge in [-0.2, -0.15) is 26.3 Å². The van der Waals surface area contributed by atoms with Crippen LogP contribution in [0.2, 0.25) is 0 Å². The predicted octanol–water partition coefficient (Wildman–Crippen LogP) is 7.40. The monoisotopic (exact) mass is 785 g/mol. The summed E-state index contributed by atoms with van der Waals surface area (Å²) in [5.74, 6) is -2.90. The number of aliphatic carboxylic acids is 1. The van der Waals surface area contributed by atoms with Crippen molar-refractivity contribution >= 4 is 29.1 Å². The van der Waals surface area contributed by atoms with Gasteiger partial charge in [0.1, 0.15) is 28.7 Å². The Kier molecular flexibility index (Phi) is 11.6. The second-order valence-corrected chi connectivity index (χ2v) is 15.1. The topological polar surface area (TPSA) is 130 Å². The van der Waals surface area contributed by atoms with Crippen molar-refractivity contribution in [1.29, 1.82) is 0 Å².